The van der Waals surface area contributed by atoms with E-state index < -0.39 is 0 Å². The van der Waals surface area contributed by atoms with E-state index in [1.807, 2.05) is 0 Å². The van der Waals surface area contributed by atoms with Crippen LogP contribution in [0.1, 0.15) is 19.3 Å². The van der Waals surface area contributed by atoms with Gasteiger partial charge in [0.2, 0.25) is 5.91 Å². The summed E-state index contributed by atoms with van der Waals surface area (Å²) in [6, 6.07) is 0.0275. The van der Waals surface area contributed by atoms with Crippen LogP contribution >= 0.6 is 24.2 Å². The molecule has 0 spiro atoms. The van der Waals surface area contributed by atoms with Gasteiger partial charge in [0.1, 0.15) is 0 Å². The molecule has 2 saturated heterocycles. The first kappa shape index (κ1) is 15.1. The van der Waals surface area contributed by atoms with Gasteiger partial charge in [0.15, 0.2) is 0 Å². The molecule has 0 radical (unpaired) electrons. The molecule has 0 aromatic heterocycles. The first-order valence-corrected chi connectivity index (χ1v) is 7.18. The number of thioether (sulfide) groups is 1. The van der Waals surface area contributed by atoms with Crippen molar-refractivity contribution in [2.75, 3.05) is 31.4 Å². The average Bonchev–Trinajstić information content (AvgIpc) is 2.84. The molecule has 0 bridgehead atoms. The van der Waals surface area contributed by atoms with Crippen LogP contribution in [-0.2, 0) is 9.53 Å². The zero-order valence-corrected chi connectivity index (χ0v) is 11.6. The van der Waals surface area contributed by atoms with Gasteiger partial charge in [0.25, 0.3) is 0 Å². The molecule has 2 aliphatic rings. The first-order chi connectivity index (χ1) is 7.86. The van der Waals surface area contributed by atoms with Gasteiger partial charge in [-0.05, 0) is 25.2 Å². The van der Waals surface area contributed by atoms with Crippen molar-refractivity contribution in [3.05, 3.63) is 0 Å². The number of hydrogen-bond donors (Lipinski definition) is 2. The molecule has 6 heteroatoms. The van der Waals surface area contributed by atoms with Crippen LogP contribution in [0.15, 0.2) is 0 Å². The highest BCUT2D eigenvalue weighted by molar-refractivity contribution is 7.99. The number of carbonyl (C=O) groups excluding carboxylic acids is 1. The van der Waals surface area contributed by atoms with E-state index in [-0.39, 0.29) is 24.4 Å². The topological polar surface area (TPSA) is 50.4 Å². The lowest BCUT2D eigenvalue weighted by Gasteiger charge is -2.22. The molecule has 1 unspecified atom stereocenters. The summed E-state index contributed by atoms with van der Waals surface area (Å²) < 4.78 is 5.31. The van der Waals surface area contributed by atoms with E-state index in [0.717, 1.165) is 56.6 Å². The third-order valence-electron chi connectivity index (χ3n) is 3.23. The van der Waals surface area contributed by atoms with E-state index in [1.165, 1.54) is 0 Å². The minimum atomic E-state index is 0. The standard InChI is InChI=1S/C11H20N2O2S.ClH/c14-11(10-7-16-8-13-10)12-4-1-9-2-5-15-6-3-9;/h9-10,13H,1-8H2,(H,12,14);1H. The minimum absolute atomic E-state index is 0. The Morgan fingerprint density at radius 3 is 2.82 bits per heavy atom. The molecule has 17 heavy (non-hydrogen) atoms. The lowest BCUT2D eigenvalue weighted by Crippen LogP contribution is -2.42. The highest BCUT2D eigenvalue weighted by Gasteiger charge is 2.22. The van der Waals surface area contributed by atoms with Crippen molar-refractivity contribution in [2.24, 2.45) is 5.92 Å². The molecule has 2 aliphatic heterocycles. The van der Waals surface area contributed by atoms with Crippen LogP contribution in [0.5, 0.6) is 0 Å². The molecule has 0 aromatic carbocycles. The fraction of sp³-hybridized carbons (Fsp3) is 0.909. The normalized spacial score (nSPS) is 25.3. The van der Waals surface area contributed by atoms with Crippen LogP contribution in [0, 0.1) is 5.92 Å². The van der Waals surface area contributed by atoms with Crippen molar-refractivity contribution in [3.63, 3.8) is 0 Å². The molecule has 2 N–H and O–H groups in total. The Balaban J connectivity index is 0.00000144. The number of nitrogens with one attached hydrogen (secondary N) is 2. The minimum Gasteiger partial charge on any atom is -0.381 e. The van der Waals surface area contributed by atoms with E-state index in [1.54, 1.807) is 11.8 Å². The Morgan fingerprint density at radius 2 is 2.18 bits per heavy atom. The highest BCUT2D eigenvalue weighted by Crippen LogP contribution is 2.17. The molecular formula is C11H21ClN2O2S. The maximum absolute atomic E-state index is 11.7. The summed E-state index contributed by atoms with van der Waals surface area (Å²) >= 11 is 1.78. The predicted octanol–water partition coefficient (Wildman–Crippen LogP) is 1.00. The summed E-state index contributed by atoms with van der Waals surface area (Å²) in [6.07, 6.45) is 3.38. The van der Waals surface area contributed by atoms with Crippen molar-refractivity contribution >= 4 is 30.1 Å². The fourth-order valence-electron chi connectivity index (χ4n) is 2.12. The Labute approximate surface area is 113 Å². The Hall–Kier alpha value is 0.0300. The Kier molecular flexibility index (Phi) is 7.27. The quantitative estimate of drug-likeness (QED) is 0.807. The molecule has 0 aromatic rings. The first-order valence-electron chi connectivity index (χ1n) is 6.03. The van der Waals surface area contributed by atoms with Gasteiger partial charge in [-0.3, -0.25) is 10.1 Å². The third-order valence-corrected chi connectivity index (χ3v) is 4.17. The number of amides is 1. The lowest BCUT2D eigenvalue weighted by atomic mass is 9.97. The van der Waals surface area contributed by atoms with E-state index in [9.17, 15) is 4.79 Å². The van der Waals surface area contributed by atoms with Gasteiger partial charge >= 0.3 is 0 Å². The van der Waals surface area contributed by atoms with Crippen molar-refractivity contribution in [1.29, 1.82) is 0 Å². The zero-order chi connectivity index (χ0) is 11.2. The van der Waals surface area contributed by atoms with Gasteiger partial charge in [-0.2, -0.15) is 0 Å². The van der Waals surface area contributed by atoms with Crippen LogP contribution in [0.25, 0.3) is 0 Å². The van der Waals surface area contributed by atoms with Crippen LogP contribution in [0.2, 0.25) is 0 Å². The maximum atomic E-state index is 11.7. The van der Waals surface area contributed by atoms with Crippen LogP contribution in [0.4, 0.5) is 0 Å². The average molecular weight is 281 g/mol. The number of halogens is 1. The van der Waals surface area contributed by atoms with Crippen molar-refractivity contribution in [1.82, 2.24) is 10.6 Å². The second-order valence-corrected chi connectivity index (χ2v) is 5.44. The molecule has 1 atom stereocenters. The Morgan fingerprint density at radius 1 is 1.41 bits per heavy atom. The summed E-state index contributed by atoms with van der Waals surface area (Å²) in [5.41, 5.74) is 0. The smallest absolute Gasteiger partial charge is 0.238 e. The summed E-state index contributed by atoms with van der Waals surface area (Å²) in [6.45, 7) is 2.59. The molecule has 0 aliphatic carbocycles. The van der Waals surface area contributed by atoms with Crippen LogP contribution in [-0.4, -0.2) is 43.3 Å². The van der Waals surface area contributed by atoms with Gasteiger partial charge in [0.05, 0.1) is 6.04 Å². The summed E-state index contributed by atoms with van der Waals surface area (Å²) in [4.78, 5) is 11.7. The maximum Gasteiger partial charge on any atom is 0.238 e. The van der Waals surface area contributed by atoms with Crippen molar-refractivity contribution in [3.8, 4) is 0 Å². The second kappa shape index (κ2) is 8.19. The molecule has 1 amide bonds. The van der Waals surface area contributed by atoms with E-state index in [4.69, 9.17) is 4.74 Å². The van der Waals surface area contributed by atoms with Gasteiger partial charge in [-0.15, -0.1) is 24.2 Å². The molecule has 0 saturated carbocycles. The molecule has 2 rings (SSSR count). The number of hydrogen-bond acceptors (Lipinski definition) is 4. The van der Waals surface area contributed by atoms with Gasteiger partial charge < -0.3 is 10.1 Å². The molecule has 100 valence electrons. The summed E-state index contributed by atoms with van der Waals surface area (Å²) in [5.74, 6) is 2.71. The zero-order valence-electron chi connectivity index (χ0n) is 9.94. The van der Waals surface area contributed by atoms with Crippen LogP contribution in [0.3, 0.4) is 0 Å². The third kappa shape index (κ3) is 5.04. The van der Waals surface area contributed by atoms with Crippen molar-refractivity contribution in [2.45, 2.75) is 25.3 Å². The van der Waals surface area contributed by atoms with Gasteiger partial charge in [-0.25, -0.2) is 0 Å². The number of carbonyl (C=O) groups is 1. The molecule has 2 fully saturated rings. The van der Waals surface area contributed by atoms with Gasteiger partial charge in [-0.1, -0.05) is 0 Å². The summed E-state index contributed by atoms with van der Waals surface area (Å²) in [5, 5.41) is 6.19. The molecule has 4 nitrogen and oxygen atoms in total. The number of rotatable bonds is 4. The predicted molar refractivity (Wildman–Crippen MR) is 72.7 cm³/mol. The fourth-order valence-corrected chi connectivity index (χ4v) is 3.06. The number of ether oxygens (including phenoxy) is 1. The SMILES string of the molecule is Cl.O=C(NCCC1CCOCC1)C1CSCN1. The Bertz CT molecular complexity index is 232. The molecular weight excluding hydrogens is 260 g/mol. The monoisotopic (exact) mass is 280 g/mol. The van der Waals surface area contributed by atoms with E-state index in [0.29, 0.717) is 0 Å². The molecule has 2 heterocycles. The summed E-state index contributed by atoms with van der Waals surface area (Å²) in [7, 11) is 0. The lowest BCUT2D eigenvalue weighted by molar-refractivity contribution is -0.122. The second-order valence-electron chi connectivity index (χ2n) is 4.41. The van der Waals surface area contributed by atoms with Gasteiger partial charge in [0, 0.05) is 31.4 Å². The van der Waals surface area contributed by atoms with E-state index in [2.05, 4.69) is 10.6 Å². The van der Waals surface area contributed by atoms with E-state index >= 15 is 0 Å². The largest absolute Gasteiger partial charge is 0.381 e. The highest BCUT2D eigenvalue weighted by atomic mass is 35.5. The van der Waals surface area contributed by atoms with Crippen molar-refractivity contribution < 1.29 is 9.53 Å². The van der Waals surface area contributed by atoms with Crippen LogP contribution < -0.4 is 10.6 Å².